The first kappa shape index (κ1) is 21.9. The molecule has 8 heteroatoms. The fraction of sp³-hybridized carbons (Fsp3) is 0.520. The van der Waals surface area contributed by atoms with Gasteiger partial charge in [0.05, 0.1) is 12.8 Å². The molecule has 1 N–H and O–H groups in total. The number of phenolic OH excluding ortho intramolecular Hbond substituents is 1. The molecular formula is C25H31FN4O3. The van der Waals surface area contributed by atoms with Gasteiger partial charge in [-0.2, -0.15) is 0 Å². The summed E-state index contributed by atoms with van der Waals surface area (Å²) in [5.41, 5.74) is 1.72. The second-order valence-corrected chi connectivity index (χ2v) is 9.55. The summed E-state index contributed by atoms with van der Waals surface area (Å²) in [6, 6.07) is 8.92. The van der Waals surface area contributed by atoms with Crippen LogP contribution in [0.15, 0.2) is 36.5 Å². The summed E-state index contributed by atoms with van der Waals surface area (Å²) < 4.78 is 19.1. The number of hydrogen-bond acceptors (Lipinski definition) is 6. The van der Waals surface area contributed by atoms with E-state index in [0.29, 0.717) is 18.2 Å². The van der Waals surface area contributed by atoms with Crippen molar-refractivity contribution in [2.75, 3.05) is 50.8 Å². The molecule has 1 saturated carbocycles. The minimum absolute atomic E-state index is 0.153. The van der Waals surface area contributed by atoms with Gasteiger partial charge in [-0.05, 0) is 49.9 Å². The Hall–Kier alpha value is -2.87. The topological polar surface area (TPSA) is 69.1 Å². The van der Waals surface area contributed by atoms with E-state index in [1.165, 1.54) is 18.7 Å². The number of amides is 1. The van der Waals surface area contributed by atoms with Crippen LogP contribution < -0.4 is 4.90 Å². The van der Waals surface area contributed by atoms with E-state index < -0.39 is 0 Å². The third-order valence-electron chi connectivity index (χ3n) is 7.38. The first-order valence-corrected chi connectivity index (χ1v) is 11.8. The van der Waals surface area contributed by atoms with Crippen LogP contribution in [0, 0.1) is 11.2 Å². The van der Waals surface area contributed by atoms with Gasteiger partial charge < -0.3 is 19.6 Å². The number of rotatable bonds is 4. The first-order valence-electron chi connectivity index (χ1n) is 11.8. The molecule has 7 nitrogen and oxygen atoms in total. The Bertz CT molecular complexity index is 1020. The van der Waals surface area contributed by atoms with E-state index in [-0.39, 0.29) is 23.1 Å². The summed E-state index contributed by atoms with van der Waals surface area (Å²) in [7, 11) is 0. The van der Waals surface area contributed by atoms with E-state index in [1.807, 2.05) is 17.9 Å². The van der Waals surface area contributed by atoms with Gasteiger partial charge in [-0.15, -0.1) is 0 Å². The summed E-state index contributed by atoms with van der Waals surface area (Å²) in [5, 5.41) is 9.88. The molecule has 3 fully saturated rings. The lowest BCUT2D eigenvalue weighted by Crippen LogP contribution is -2.58. The summed E-state index contributed by atoms with van der Waals surface area (Å²) >= 11 is 0. The molecule has 0 radical (unpaired) electrons. The van der Waals surface area contributed by atoms with Crippen LogP contribution in [-0.2, 0) is 4.74 Å². The molecule has 3 heterocycles. The molecule has 2 aliphatic heterocycles. The van der Waals surface area contributed by atoms with Crippen molar-refractivity contribution in [2.24, 2.45) is 5.41 Å². The third-order valence-corrected chi connectivity index (χ3v) is 7.38. The molecule has 33 heavy (non-hydrogen) atoms. The third kappa shape index (κ3) is 4.36. The zero-order chi connectivity index (χ0) is 23.0. The van der Waals surface area contributed by atoms with Crippen molar-refractivity contribution in [1.82, 2.24) is 14.8 Å². The zero-order valence-corrected chi connectivity index (χ0v) is 19.0. The van der Waals surface area contributed by atoms with Crippen molar-refractivity contribution in [3.63, 3.8) is 0 Å². The van der Waals surface area contributed by atoms with E-state index in [4.69, 9.17) is 4.74 Å². The summed E-state index contributed by atoms with van der Waals surface area (Å²) in [6.45, 7) is 7.40. The summed E-state index contributed by atoms with van der Waals surface area (Å²) in [4.78, 5) is 23.0. The van der Waals surface area contributed by atoms with Crippen LogP contribution in [0.5, 0.6) is 5.75 Å². The number of aromatic hydroxyl groups is 1. The van der Waals surface area contributed by atoms with Gasteiger partial charge in [0.2, 0.25) is 0 Å². The number of ether oxygens (including phenoxy) is 1. The van der Waals surface area contributed by atoms with E-state index in [9.17, 15) is 14.3 Å². The molecule has 0 bridgehead atoms. The van der Waals surface area contributed by atoms with Gasteiger partial charge in [-0.1, -0.05) is 12.1 Å². The second-order valence-electron chi connectivity index (χ2n) is 9.55. The average molecular weight is 455 g/mol. The van der Waals surface area contributed by atoms with Gasteiger partial charge in [0.25, 0.3) is 0 Å². The number of halogens is 1. The lowest BCUT2D eigenvalue weighted by atomic mass is 9.78. The van der Waals surface area contributed by atoms with Crippen molar-refractivity contribution in [3.8, 4) is 16.9 Å². The van der Waals surface area contributed by atoms with Crippen molar-refractivity contribution in [1.29, 1.82) is 0 Å². The summed E-state index contributed by atoms with van der Waals surface area (Å²) in [5.74, 6) is 0.526. The minimum Gasteiger partial charge on any atom is -0.508 e. The number of hydrogen-bond donors (Lipinski definition) is 1. The number of pyridine rings is 1. The molecular weight excluding hydrogens is 423 g/mol. The Morgan fingerprint density at radius 3 is 2.76 bits per heavy atom. The highest BCUT2D eigenvalue weighted by Gasteiger charge is 2.51. The average Bonchev–Trinajstić information content (AvgIpc) is 3.24. The predicted octanol–water partition coefficient (Wildman–Crippen LogP) is 3.73. The molecule has 1 aromatic heterocycles. The molecule has 1 amide bonds. The van der Waals surface area contributed by atoms with Gasteiger partial charge >= 0.3 is 6.09 Å². The highest BCUT2D eigenvalue weighted by molar-refractivity contribution is 5.76. The van der Waals surface area contributed by atoms with E-state index in [0.717, 1.165) is 63.5 Å². The Balaban J connectivity index is 1.21. The van der Waals surface area contributed by atoms with Crippen molar-refractivity contribution in [2.45, 2.75) is 32.2 Å². The van der Waals surface area contributed by atoms with E-state index >= 15 is 0 Å². The molecule has 1 aliphatic carbocycles. The zero-order valence-electron chi connectivity index (χ0n) is 19.0. The molecule has 2 saturated heterocycles. The predicted molar refractivity (Wildman–Crippen MR) is 124 cm³/mol. The van der Waals surface area contributed by atoms with Crippen LogP contribution in [-0.4, -0.2) is 77.9 Å². The quantitative estimate of drug-likeness (QED) is 0.759. The lowest BCUT2D eigenvalue weighted by molar-refractivity contribution is -0.00294. The van der Waals surface area contributed by atoms with Gasteiger partial charge in [-0.3, -0.25) is 4.90 Å². The number of nitrogens with zero attached hydrogens (tertiary/aromatic N) is 4. The Morgan fingerprint density at radius 1 is 1.24 bits per heavy atom. The maximum atomic E-state index is 14.0. The molecule has 3 aliphatic rings. The van der Waals surface area contributed by atoms with Crippen LogP contribution in [0.25, 0.3) is 11.1 Å². The number of benzene rings is 1. The first-order chi connectivity index (χ1) is 16.0. The van der Waals surface area contributed by atoms with E-state index in [2.05, 4.69) is 14.8 Å². The van der Waals surface area contributed by atoms with Crippen LogP contribution in [0.3, 0.4) is 0 Å². The smallest absolute Gasteiger partial charge is 0.409 e. The maximum Gasteiger partial charge on any atom is 0.409 e. The Kier molecular flexibility index (Phi) is 5.86. The molecule has 1 spiro atoms. The number of aromatic nitrogens is 1. The largest absolute Gasteiger partial charge is 0.508 e. The van der Waals surface area contributed by atoms with Gasteiger partial charge in [0.1, 0.15) is 17.4 Å². The van der Waals surface area contributed by atoms with Crippen LogP contribution in [0.1, 0.15) is 26.2 Å². The second kappa shape index (κ2) is 8.82. The standard InChI is InChI=1S/C25H31FN4O3/c1-2-33-24(32)30-16-25(17-30)7-6-20(14-25)28-8-10-29(11-9-28)23-22(13-19(26)15-27-23)18-4-3-5-21(31)12-18/h3-5,12-13,15,20,31H,2,6-11,14,16-17H2,1H3/t20-/m1/s1. The number of anilines is 1. The number of piperazine rings is 1. The SMILES string of the molecule is CCOC(=O)N1CC2(CC[C@@H](N3CCN(c4ncc(F)cc4-c4cccc(O)c4)CC3)C2)C1. The number of phenols is 1. The van der Waals surface area contributed by atoms with Crippen LogP contribution in [0.4, 0.5) is 15.0 Å². The molecule has 1 aromatic carbocycles. The highest BCUT2D eigenvalue weighted by Crippen LogP contribution is 2.47. The molecule has 176 valence electrons. The normalized spacial score (nSPS) is 22.4. The number of likely N-dealkylation sites (tertiary alicyclic amines) is 1. The fourth-order valence-corrected chi connectivity index (χ4v) is 5.75. The Morgan fingerprint density at radius 2 is 2.03 bits per heavy atom. The van der Waals surface area contributed by atoms with Crippen molar-refractivity contribution >= 4 is 11.9 Å². The molecule has 1 atom stereocenters. The number of carbonyl (C=O) groups excluding carboxylic acids is 1. The van der Waals surface area contributed by atoms with Crippen molar-refractivity contribution < 1.29 is 19.0 Å². The van der Waals surface area contributed by atoms with Crippen LogP contribution >= 0.6 is 0 Å². The highest BCUT2D eigenvalue weighted by atomic mass is 19.1. The maximum absolute atomic E-state index is 14.0. The monoisotopic (exact) mass is 454 g/mol. The summed E-state index contributed by atoms with van der Waals surface area (Å²) in [6.07, 6.45) is 4.54. The molecule has 5 rings (SSSR count). The lowest BCUT2D eigenvalue weighted by Gasteiger charge is -2.48. The Labute approximate surface area is 193 Å². The fourth-order valence-electron chi connectivity index (χ4n) is 5.75. The molecule has 2 aromatic rings. The van der Waals surface area contributed by atoms with Gasteiger partial charge in [0, 0.05) is 56.3 Å². The minimum atomic E-state index is -0.385. The van der Waals surface area contributed by atoms with Crippen LogP contribution in [0.2, 0.25) is 0 Å². The number of carbonyl (C=O) groups is 1. The van der Waals surface area contributed by atoms with Gasteiger partial charge in [-0.25, -0.2) is 14.2 Å². The van der Waals surface area contributed by atoms with Gasteiger partial charge in [0.15, 0.2) is 0 Å². The van der Waals surface area contributed by atoms with Crippen molar-refractivity contribution in [3.05, 3.63) is 42.3 Å². The molecule has 0 unspecified atom stereocenters. The van der Waals surface area contributed by atoms with E-state index in [1.54, 1.807) is 18.2 Å².